The molecule has 27 rings (SSSR count). The number of aliphatic imine (C=N–C) groups is 1. The zero-order valence-electron chi connectivity index (χ0n) is 69.5. The number of pyridine rings is 5. The number of aromatic amines is 9. The molecular weight excluding hydrogens is 1620 g/mol. The van der Waals surface area contributed by atoms with Crippen LogP contribution < -0.4 is 14.4 Å². The van der Waals surface area contributed by atoms with Crippen LogP contribution in [0.4, 0.5) is 5.69 Å². The third-order valence-electron chi connectivity index (χ3n) is 24.8. The quantitative estimate of drug-likeness (QED) is 0.0638. The number of ether oxygens (including phenoxy) is 2. The second-order valence-electron chi connectivity index (χ2n) is 32.5. The summed E-state index contributed by atoms with van der Waals surface area (Å²) in [5.74, 6) is 1.64. The first-order valence-electron chi connectivity index (χ1n) is 42.3. The van der Waals surface area contributed by atoms with Crippen LogP contribution in [0.25, 0.3) is 198 Å². The van der Waals surface area contributed by atoms with Crippen LogP contribution in [0.1, 0.15) is 70.7 Å². The smallest absolute Gasteiger partial charge is 0.231 e. The predicted molar refractivity (Wildman–Crippen MR) is 501 cm³/mol. The monoisotopic (exact) mass is 1700 g/mol. The summed E-state index contributed by atoms with van der Waals surface area (Å²) in [7, 11) is 0. The van der Waals surface area contributed by atoms with Crippen LogP contribution in [0.2, 0.25) is 5.02 Å². The first-order chi connectivity index (χ1) is 62.9. The van der Waals surface area contributed by atoms with E-state index in [1.165, 1.54) is 51.4 Å². The van der Waals surface area contributed by atoms with Gasteiger partial charge in [0.25, 0.3) is 0 Å². The van der Waals surface area contributed by atoms with Crippen molar-refractivity contribution >= 4 is 149 Å². The summed E-state index contributed by atoms with van der Waals surface area (Å²) >= 11 is 6.09. The van der Waals surface area contributed by atoms with E-state index in [2.05, 4.69) is 163 Å². The number of rotatable bonds is 8. The van der Waals surface area contributed by atoms with Gasteiger partial charge in [0, 0.05) is 134 Å². The van der Waals surface area contributed by atoms with Gasteiger partial charge >= 0.3 is 0 Å². The van der Waals surface area contributed by atoms with Crippen molar-refractivity contribution < 1.29 is 14.3 Å². The minimum atomic E-state index is 0.155. The third-order valence-corrected chi connectivity index (χ3v) is 25.1. The van der Waals surface area contributed by atoms with E-state index in [-0.39, 0.29) is 12.7 Å². The van der Waals surface area contributed by atoms with E-state index in [1.54, 1.807) is 12.4 Å². The summed E-state index contributed by atoms with van der Waals surface area (Å²) in [5, 5.41) is 78.3. The van der Waals surface area contributed by atoms with Gasteiger partial charge in [-0.05, 0) is 219 Å². The number of carbonyl (C=O) groups excluding carboxylic acids is 1. The summed E-state index contributed by atoms with van der Waals surface area (Å²) in [6.07, 6.45) is 24.7. The molecule has 14 aromatic heterocycles. The standard InChI is InChI=1S/C22H18N4.C20H14ClN5.C20H15N5.C19H13N5O2.C18H16N6O/c1-2-4-17-16(3-1)21-18-12-24-26-19(18)7-8-20(21)25-22(17)13-5-6-14-10-23-11-15(14)9-13;1-11-15(9-22-25-11)19-8-14(12-2-4-13(21)5-3-12)20-16-10-23-26-17(16)6-7-18(20)24-19;1-12-15(10-21-24-12)19-9-14(13-5-3-2-4-6-13)20-16-11-22-25-17(16)7-8-18(20)23-19;1-9-12(6-20-23-9)19-11-5-17-16(25-8-26-17)4-10(11)18-13-7-21-24-14(13)2-3-15(18)22-19;1-10-11(8-19-22-10)15-7-16(24-6-2-3-17(24)25)18-12-9-20-23-13(12)4-5-14(18)21-15/h5-9,11-12H,1-4,10H2,(H,24,26);2-10H,1H3,(H,22,25)(H,23,26);2-11H,1H3,(H,21,24)(H,22,25);2-7H,8H2,1H3,(H,20,23)(H,21,24);4-5,7-9H,2-3,6H2,1H3,(H,19,22)(H,20,23). The van der Waals surface area contributed by atoms with Crippen molar-refractivity contribution in [3.63, 3.8) is 0 Å². The zero-order chi connectivity index (χ0) is 85.8. The summed E-state index contributed by atoms with van der Waals surface area (Å²) < 4.78 is 11.2. The molecule has 1 amide bonds. The van der Waals surface area contributed by atoms with E-state index >= 15 is 0 Å². The van der Waals surface area contributed by atoms with Crippen molar-refractivity contribution in [3.8, 4) is 90.0 Å². The van der Waals surface area contributed by atoms with Gasteiger partial charge in [-0.25, -0.2) is 24.9 Å². The molecule has 0 bridgehead atoms. The van der Waals surface area contributed by atoms with Crippen molar-refractivity contribution in [1.29, 1.82) is 0 Å². The number of fused-ring (bicyclic) bond motifs is 21. The highest BCUT2D eigenvalue weighted by molar-refractivity contribution is 6.30. The number of carbonyl (C=O) groups is 1. The van der Waals surface area contributed by atoms with Crippen molar-refractivity contribution in [3.05, 3.63) is 270 Å². The van der Waals surface area contributed by atoms with Gasteiger partial charge in [0.05, 0.1) is 152 Å². The van der Waals surface area contributed by atoms with E-state index in [9.17, 15) is 4.79 Å². The third kappa shape index (κ3) is 13.4. The van der Waals surface area contributed by atoms with Gasteiger partial charge in [-0.1, -0.05) is 66.2 Å². The highest BCUT2D eigenvalue weighted by Crippen LogP contribution is 2.47. The highest BCUT2D eigenvalue weighted by Gasteiger charge is 2.29. The molecule has 128 heavy (non-hydrogen) atoms. The van der Waals surface area contributed by atoms with Crippen molar-refractivity contribution in [2.75, 3.05) is 18.2 Å². The topological polar surface area (TPSA) is 374 Å². The number of benzene rings is 9. The van der Waals surface area contributed by atoms with Crippen molar-refractivity contribution in [1.82, 2.24) is 117 Å². The minimum Gasteiger partial charge on any atom is -0.454 e. The van der Waals surface area contributed by atoms with E-state index < -0.39 is 0 Å². The summed E-state index contributed by atoms with van der Waals surface area (Å²) in [6, 6.07) is 55.5. The van der Waals surface area contributed by atoms with Gasteiger partial charge < -0.3 is 14.4 Å². The number of nitrogens with one attached hydrogen (secondary N) is 9. The van der Waals surface area contributed by atoms with Gasteiger partial charge in [0.15, 0.2) is 11.5 Å². The second-order valence-corrected chi connectivity index (χ2v) is 32.9. The highest BCUT2D eigenvalue weighted by atomic mass is 35.5. The van der Waals surface area contributed by atoms with Gasteiger partial charge in [-0.3, -0.25) is 55.7 Å². The summed E-state index contributed by atoms with van der Waals surface area (Å²) in [5.41, 5.74) is 34.2. The lowest BCUT2D eigenvalue weighted by molar-refractivity contribution is -0.117. The first-order valence-corrected chi connectivity index (χ1v) is 42.6. The van der Waals surface area contributed by atoms with Crippen LogP contribution in [0.15, 0.2) is 225 Å². The molecule has 622 valence electrons. The molecule has 1 saturated heterocycles. The number of nitrogens with zero attached hydrogens (tertiary/aromatic N) is 16. The molecule has 17 heterocycles. The van der Waals surface area contributed by atoms with E-state index in [4.69, 9.17) is 46.0 Å². The number of anilines is 1. The first kappa shape index (κ1) is 76.4. The predicted octanol–water partition coefficient (Wildman–Crippen LogP) is 20.8. The molecule has 28 nitrogen and oxygen atoms in total. The Labute approximate surface area is 731 Å². The van der Waals surface area contributed by atoms with E-state index in [1.807, 2.05) is 179 Å². The number of aryl methyl sites for hydroxylation is 5. The maximum Gasteiger partial charge on any atom is 0.231 e. The molecule has 4 aliphatic rings. The zero-order valence-corrected chi connectivity index (χ0v) is 70.2. The molecule has 9 N–H and O–H groups in total. The second kappa shape index (κ2) is 31.4. The molecule has 23 aromatic rings. The summed E-state index contributed by atoms with van der Waals surface area (Å²) in [4.78, 5) is 43.4. The van der Waals surface area contributed by atoms with Crippen molar-refractivity contribution in [2.24, 2.45) is 4.99 Å². The lowest BCUT2D eigenvalue weighted by Crippen LogP contribution is -2.24. The SMILES string of the molecule is C1=NCc2ccc(-c3nc4ccc5[nH]ncc5c4c4c3CCCC4)cc21.Cc1[nH]ncc1-c1cc(-c2ccc(Cl)cc2)c2c(ccc3[nH]ncc32)n1.Cc1[nH]ncc1-c1cc(-c2ccccc2)c2c(ccc3[nH]ncc32)n1.Cc1[nH]ncc1-c1cc(N2CCCC2=O)c2c(ccc3[nH]ncc32)n1.Cc1[nH]ncc1-c1nc2ccc3[nH]ncc3c2c2cc3c(cc12)OCO3. The molecule has 29 heteroatoms. The van der Waals surface area contributed by atoms with Crippen LogP contribution in [-0.2, 0) is 24.2 Å². The normalized spacial score (nSPS) is 13.3. The Morgan fingerprint density at radius 3 is 1.30 bits per heavy atom. The lowest BCUT2D eigenvalue weighted by atomic mass is 9.85. The Bertz CT molecular complexity index is 8390. The Hall–Kier alpha value is -16.5. The number of halogens is 1. The van der Waals surface area contributed by atoms with Gasteiger partial charge in [-0.15, -0.1) is 0 Å². The van der Waals surface area contributed by atoms with Gasteiger partial charge in [0.2, 0.25) is 12.7 Å². The molecule has 0 spiro atoms. The van der Waals surface area contributed by atoms with Crippen LogP contribution >= 0.6 is 11.6 Å². The molecule has 0 radical (unpaired) electrons. The lowest BCUT2D eigenvalue weighted by Gasteiger charge is -2.22. The fourth-order valence-corrected chi connectivity index (χ4v) is 18.7. The number of H-pyrrole nitrogens is 9. The number of aromatic nitrogens is 23. The largest absolute Gasteiger partial charge is 0.454 e. The van der Waals surface area contributed by atoms with Crippen molar-refractivity contribution in [2.45, 2.75) is 72.8 Å². The van der Waals surface area contributed by atoms with Crippen LogP contribution in [0.5, 0.6) is 11.5 Å². The Kier molecular flexibility index (Phi) is 18.7. The minimum absolute atomic E-state index is 0.155. The Morgan fingerprint density at radius 1 is 0.352 bits per heavy atom. The van der Waals surface area contributed by atoms with Gasteiger partial charge in [-0.2, -0.15) is 45.9 Å². The molecule has 3 aliphatic heterocycles. The molecule has 9 aromatic carbocycles. The van der Waals surface area contributed by atoms with Crippen LogP contribution in [-0.4, -0.2) is 142 Å². The fraction of sp³-hybridized carbons (Fsp3) is 0.131. The maximum atomic E-state index is 12.4. The average molecular weight is 1700 g/mol. The van der Waals surface area contributed by atoms with E-state index in [0.29, 0.717) is 11.4 Å². The maximum absolute atomic E-state index is 12.4. The Morgan fingerprint density at radius 2 is 0.789 bits per heavy atom. The molecule has 1 aliphatic carbocycles. The molecule has 0 unspecified atom stereocenters. The number of hydrogen-bond donors (Lipinski definition) is 9. The van der Waals surface area contributed by atoms with Gasteiger partial charge in [0.1, 0.15) is 0 Å². The number of amides is 1. The van der Waals surface area contributed by atoms with E-state index in [0.717, 1.165) is 254 Å². The van der Waals surface area contributed by atoms with Crippen LogP contribution in [0, 0.1) is 27.7 Å². The average Bonchev–Trinajstić information content (AvgIpc) is 1.49. The van der Waals surface area contributed by atoms with Crippen LogP contribution in [0.3, 0.4) is 0 Å². The Balaban J connectivity index is 0.0000000916. The molecular formula is C99H76ClN25O3. The summed E-state index contributed by atoms with van der Waals surface area (Å²) in [6.45, 7) is 9.73. The number of hydrogen-bond acceptors (Lipinski definition) is 18. The molecule has 0 atom stereocenters. The fourth-order valence-electron chi connectivity index (χ4n) is 18.5. The molecule has 0 saturated carbocycles. The molecule has 1 fully saturated rings.